The standard InChI is InChI=1S/C19H28N2O3S/c1-12-6-7-15(20-13(2)22)11-16(12)25(23,24)21-17-10-14-8-9-19(17,5)18(14,3)4/h6-7,11,14,17,21H,8-10H2,1-5H3,(H,20,22). The van der Waals surface area contributed by atoms with Crippen molar-refractivity contribution in [2.75, 3.05) is 5.32 Å². The number of hydrogen-bond donors (Lipinski definition) is 2. The molecule has 0 radical (unpaired) electrons. The van der Waals surface area contributed by atoms with E-state index in [1.165, 1.54) is 13.3 Å². The summed E-state index contributed by atoms with van der Waals surface area (Å²) in [4.78, 5) is 11.5. The van der Waals surface area contributed by atoms with Crippen molar-refractivity contribution in [2.45, 2.75) is 64.8 Å². The first-order chi connectivity index (χ1) is 11.5. The molecule has 0 aromatic heterocycles. The Morgan fingerprint density at radius 1 is 1.24 bits per heavy atom. The van der Waals surface area contributed by atoms with Crippen molar-refractivity contribution in [3.05, 3.63) is 23.8 Å². The molecule has 0 heterocycles. The van der Waals surface area contributed by atoms with Crippen LogP contribution in [0.15, 0.2) is 23.1 Å². The lowest BCUT2D eigenvalue weighted by atomic mass is 9.69. The molecular weight excluding hydrogens is 336 g/mol. The average molecular weight is 365 g/mol. The number of benzene rings is 1. The molecule has 2 N–H and O–H groups in total. The van der Waals surface area contributed by atoms with Crippen LogP contribution in [0.1, 0.15) is 52.5 Å². The van der Waals surface area contributed by atoms with E-state index in [9.17, 15) is 13.2 Å². The van der Waals surface area contributed by atoms with Gasteiger partial charge in [-0.15, -0.1) is 0 Å². The summed E-state index contributed by atoms with van der Waals surface area (Å²) in [5.41, 5.74) is 1.30. The highest BCUT2D eigenvalue weighted by atomic mass is 32.2. The molecule has 2 aliphatic rings. The summed E-state index contributed by atoms with van der Waals surface area (Å²) in [6.07, 6.45) is 3.13. The Labute approximate surface area is 150 Å². The molecule has 2 fully saturated rings. The molecule has 1 aromatic rings. The van der Waals surface area contributed by atoms with Gasteiger partial charge in [-0.1, -0.05) is 26.8 Å². The quantitative estimate of drug-likeness (QED) is 0.859. The molecule has 138 valence electrons. The minimum atomic E-state index is -3.64. The first kappa shape index (κ1) is 18.4. The number of amides is 1. The topological polar surface area (TPSA) is 75.3 Å². The molecule has 1 aromatic carbocycles. The van der Waals surface area contributed by atoms with Crippen LogP contribution in [0, 0.1) is 23.7 Å². The fourth-order valence-electron chi connectivity index (χ4n) is 4.80. The number of hydrogen-bond acceptors (Lipinski definition) is 3. The first-order valence-electron chi connectivity index (χ1n) is 8.88. The van der Waals surface area contributed by atoms with Crippen LogP contribution in [0.2, 0.25) is 0 Å². The fraction of sp³-hybridized carbons (Fsp3) is 0.632. The van der Waals surface area contributed by atoms with E-state index in [4.69, 9.17) is 0 Å². The summed E-state index contributed by atoms with van der Waals surface area (Å²) < 4.78 is 29.1. The Kier molecular flexibility index (Phi) is 4.27. The molecule has 0 saturated heterocycles. The number of fused-ring (bicyclic) bond motifs is 2. The summed E-state index contributed by atoms with van der Waals surface area (Å²) in [7, 11) is -3.64. The molecule has 2 aliphatic carbocycles. The molecule has 5 nitrogen and oxygen atoms in total. The summed E-state index contributed by atoms with van der Waals surface area (Å²) in [6, 6.07) is 4.94. The predicted molar refractivity (Wildman–Crippen MR) is 98.8 cm³/mol. The number of anilines is 1. The fourth-order valence-corrected chi connectivity index (χ4v) is 6.44. The van der Waals surface area contributed by atoms with Gasteiger partial charge >= 0.3 is 0 Å². The third-order valence-corrected chi connectivity index (χ3v) is 8.50. The molecule has 3 atom stereocenters. The van der Waals surface area contributed by atoms with Crippen LogP contribution in [-0.2, 0) is 14.8 Å². The third-order valence-electron chi connectivity index (χ3n) is 6.89. The van der Waals surface area contributed by atoms with E-state index in [-0.39, 0.29) is 27.7 Å². The monoisotopic (exact) mass is 364 g/mol. The Morgan fingerprint density at radius 3 is 2.44 bits per heavy atom. The maximum absolute atomic E-state index is 13.1. The Bertz CT molecular complexity index is 816. The summed E-state index contributed by atoms with van der Waals surface area (Å²) >= 11 is 0. The van der Waals surface area contributed by atoms with Gasteiger partial charge in [-0.3, -0.25) is 4.79 Å². The van der Waals surface area contributed by atoms with Crippen molar-refractivity contribution >= 4 is 21.6 Å². The van der Waals surface area contributed by atoms with Crippen molar-refractivity contribution < 1.29 is 13.2 Å². The van der Waals surface area contributed by atoms with E-state index in [0.29, 0.717) is 17.2 Å². The Hall–Kier alpha value is -1.40. The zero-order valence-electron chi connectivity index (χ0n) is 15.6. The SMILES string of the molecule is CC(=O)Nc1ccc(C)c(S(=O)(=O)NC2CC3CCC2(C)C3(C)C)c1. The lowest BCUT2D eigenvalue weighted by Crippen LogP contribution is -2.46. The van der Waals surface area contributed by atoms with Gasteiger partial charge in [0.15, 0.2) is 0 Å². The number of rotatable bonds is 4. The maximum atomic E-state index is 13.1. The van der Waals surface area contributed by atoms with E-state index in [1.807, 2.05) is 0 Å². The van der Waals surface area contributed by atoms with Gasteiger partial charge in [-0.05, 0) is 60.6 Å². The molecule has 0 aliphatic heterocycles. The second-order valence-electron chi connectivity index (χ2n) is 8.45. The van der Waals surface area contributed by atoms with Gasteiger partial charge < -0.3 is 5.32 Å². The molecule has 2 saturated carbocycles. The third kappa shape index (κ3) is 2.89. The van der Waals surface area contributed by atoms with Crippen molar-refractivity contribution in [3.8, 4) is 0 Å². The van der Waals surface area contributed by atoms with Crippen LogP contribution in [0.5, 0.6) is 0 Å². The van der Waals surface area contributed by atoms with Crippen LogP contribution in [0.3, 0.4) is 0 Å². The van der Waals surface area contributed by atoms with Crippen molar-refractivity contribution in [1.82, 2.24) is 4.72 Å². The van der Waals surface area contributed by atoms with Gasteiger partial charge in [0.1, 0.15) is 0 Å². The van der Waals surface area contributed by atoms with Gasteiger partial charge in [-0.25, -0.2) is 13.1 Å². The zero-order valence-corrected chi connectivity index (χ0v) is 16.5. The Balaban J connectivity index is 1.90. The average Bonchev–Trinajstić information content (AvgIpc) is 2.81. The second-order valence-corrected chi connectivity index (χ2v) is 10.1. The van der Waals surface area contributed by atoms with Crippen molar-refractivity contribution in [2.24, 2.45) is 16.7 Å². The number of aryl methyl sites for hydroxylation is 1. The smallest absolute Gasteiger partial charge is 0.241 e. The largest absolute Gasteiger partial charge is 0.326 e. The highest BCUT2D eigenvalue weighted by Crippen LogP contribution is 2.65. The van der Waals surface area contributed by atoms with Gasteiger partial charge in [0, 0.05) is 18.7 Å². The van der Waals surface area contributed by atoms with Crippen LogP contribution >= 0.6 is 0 Å². The molecule has 1 amide bonds. The molecular formula is C19H28N2O3S. The van der Waals surface area contributed by atoms with E-state index in [1.54, 1.807) is 25.1 Å². The van der Waals surface area contributed by atoms with Crippen LogP contribution < -0.4 is 10.0 Å². The molecule has 25 heavy (non-hydrogen) atoms. The second kappa shape index (κ2) is 5.81. The van der Waals surface area contributed by atoms with Gasteiger partial charge in [0.25, 0.3) is 0 Å². The summed E-state index contributed by atoms with van der Waals surface area (Å²) in [5.74, 6) is 0.347. The van der Waals surface area contributed by atoms with E-state index in [0.717, 1.165) is 12.8 Å². The van der Waals surface area contributed by atoms with Crippen LogP contribution in [0.4, 0.5) is 5.69 Å². The summed E-state index contributed by atoms with van der Waals surface area (Å²) in [5, 5.41) is 2.65. The van der Waals surface area contributed by atoms with Crippen molar-refractivity contribution in [3.63, 3.8) is 0 Å². The van der Waals surface area contributed by atoms with Crippen LogP contribution in [-0.4, -0.2) is 20.4 Å². The number of sulfonamides is 1. The van der Waals surface area contributed by atoms with E-state index in [2.05, 4.69) is 30.8 Å². The minimum absolute atomic E-state index is 0.0200. The lowest BCUT2D eigenvalue weighted by molar-refractivity contribution is -0.114. The minimum Gasteiger partial charge on any atom is -0.326 e. The number of carbonyl (C=O) groups excluding carboxylic acids is 1. The maximum Gasteiger partial charge on any atom is 0.241 e. The number of carbonyl (C=O) groups is 1. The van der Waals surface area contributed by atoms with Gasteiger partial charge in [0.05, 0.1) is 4.90 Å². The number of nitrogens with one attached hydrogen (secondary N) is 2. The van der Waals surface area contributed by atoms with Gasteiger partial charge in [0.2, 0.25) is 15.9 Å². The van der Waals surface area contributed by atoms with Gasteiger partial charge in [-0.2, -0.15) is 0 Å². The molecule has 3 rings (SSSR count). The van der Waals surface area contributed by atoms with E-state index < -0.39 is 10.0 Å². The van der Waals surface area contributed by atoms with E-state index >= 15 is 0 Å². The molecule has 0 spiro atoms. The highest BCUT2D eigenvalue weighted by molar-refractivity contribution is 7.89. The zero-order chi connectivity index (χ0) is 18.6. The van der Waals surface area contributed by atoms with Crippen LogP contribution in [0.25, 0.3) is 0 Å². The lowest BCUT2D eigenvalue weighted by Gasteiger charge is -2.39. The molecule has 2 bridgehead atoms. The molecule has 3 unspecified atom stereocenters. The predicted octanol–water partition coefficient (Wildman–Crippen LogP) is 3.45. The Morgan fingerprint density at radius 2 is 1.92 bits per heavy atom. The first-order valence-corrected chi connectivity index (χ1v) is 10.4. The molecule has 6 heteroatoms. The van der Waals surface area contributed by atoms with Crippen molar-refractivity contribution in [1.29, 1.82) is 0 Å². The summed E-state index contributed by atoms with van der Waals surface area (Å²) in [6.45, 7) is 9.93. The highest BCUT2D eigenvalue weighted by Gasteiger charge is 2.61. The normalized spacial score (nSPS) is 30.4.